The average molecular weight is 634 g/mol. The van der Waals surface area contributed by atoms with Crippen molar-refractivity contribution < 1.29 is 37.0 Å². The molecule has 8 nitrogen and oxygen atoms in total. The van der Waals surface area contributed by atoms with Crippen molar-refractivity contribution in [1.29, 1.82) is 5.26 Å². The van der Waals surface area contributed by atoms with Crippen LogP contribution in [-0.4, -0.2) is 32.5 Å². The van der Waals surface area contributed by atoms with Crippen molar-refractivity contribution in [3.05, 3.63) is 79.3 Å². The zero-order valence-corrected chi connectivity index (χ0v) is 21.4. The molecule has 0 aromatic heterocycles. The summed E-state index contributed by atoms with van der Waals surface area (Å²) in [5.41, 5.74) is 5.93. The molecule has 0 bridgehead atoms. The predicted octanol–water partition coefficient (Wildman–Crippen LogP) is 4.74. The molecule has 0 fully saturated rings. The summed E-state index contributed by atoms with van der Waals surface area (Å²) in [6.45, 7) is 0. The number of nitrogens with two attached hydrogens (primary N) is 1. The van der Waals surface area contributed by atoms with Gasteiger partial charge in [0.2, 0.25) is 0 Å². The smallest absolute Gasteiger partial charge is 0.466 e. The van der Waals surface area contributed by atoms with Crippen LogP contribution >= 0.6 is 34.2 Å². The molecular weight excluding hydrogens is 618 g/mol. The summed E-state index contributed by atoms with van der Waals surface area (Å²) in [7, 11) is 2.15. The first-order valence-corrected chi connectivity index (χ1v) is 11.3. The van der Waals surface area contributed by atoms with Gasteiger partial charge in [-0.15, -0.1) is 13.2 Å². The van der Waals surface area contributed by atoms with Crippen LogP contribution in [0, 0.1) is 14.9 Å². The van der Waals surface area contributed by atoms with E-state index in [1.54, 1.807) is 52.9 Å². The fourth-order valence-electron chi connectivity index (χ4n) is 3.69. The summed E-state index contributed by atoms with van der Waals surface area (Å²) in [5, 5.41) is 9.72. The van der Waals surface area contributed by atoms with Crippen LogP contribution in [0.15, 0.2) is 65.1 Å². The maximum atomic E-state index is 13.1. The Morgan fingerprint density at radius 1 is 1.14 bits per heavy atom. The number of anilines is 1. The zero-order valence-electron chi connectivity index (χ0n) is 18.5. The third-order valence-electron chi connectivity index (χ3n) is 5.06. The van der Waals surface area contributed by atoms with Crippen LogP contribution in [-0.2, 0) is 19.1 Å². The maximum Gasteiger partial charge on any atom is 0.573 e. The van der Waals surface area contributed by atoms with Crippen LogP contribution in [0.4, 0.5) is 18.9 Å². The van der Waals surface area contributed by atoms with Gasteiger partial charge in [-0.3, -0.25) is 4.90 Å². The van der Waals surface area contributed by atoms with Gasteiger partial charge in [0.1, 0.15) is 17.3 Å². The molecule has 0 saturated carbocycles. The number of hydrogen-bond donors (Lipinski definition) is 1. The van der Waals surface area contributed by atoms with Gasteiger partial charge in [0.05, 0.1) is 48.1 Å². The lowest BCUT2D eigenvalue weighted by atomic mass is 9.81. The highest BCUT2D eigenvalue weighted by atomic mass is 127. The van der Waals surface area contributed by atoms with Crippen LogP contribution < -0.4 is 15.4 Å². The lowest BCUT2D eigenvalue weighted by Gasteiger charge is -2.36. The minimum absolute atomic E-state index is 0.0587. The van der Waals surface area contributed by atoms with Gasteiger partial charge in [0, 0.05) is 9.64 Å². The number of esters is 2. The number of benzene rings is 2. The van der Waals surface area contributed by atoms with Crippen LogP contribution in [0.25, 0.3) is 0 Å². The fraction of sp³-hybridized carbons (Fsp3) is 0.174. The van der Waals surface area contributed by atoms with Crippen molar-refractivity contribution in [2.24, 2.45) is 5.73 Å². The number of ether oxygens (including phenoxy) is 3. The van der Waals surface area contributed by atoms with Crippen LogP contribution in [0.2, 0.25) is 5.02 Å². The number of nitrogens with zero attached hydrogens (tertiary/aromatic N) is 2. The van der Waals surface area contributed by atoms with Gasteiger partial charge in [-0.1, -0.05) is 41.9 Å². The number of alkyl halides is 3. The number of allylic oxidation sites excluding steroid dienone is 1. The molecule has 0 saturated heterocycles. The molecule has 13 heteroatoms. The van der Waals surface area contributed by atoms with Crippen molar-refractivity contribution in [2.75, 3.05) is 19.1 Å². The summed E-state index contributed by atoms with van der Waals surface area (Å²) >= 11 is 8.00. The van der Waals surface area contributed by atoms with Gasteiger partial charge in [0.25, 0.3) is 0 Å². The Morgan fingerprint density at radius 3 is 2.25 bits per heavy atom. The molecule has 3 rings (SSSR count). The first kappa shape index (κ1) is 27.2. The second kappa shape index (κ2) is 10.7. The average Bonchev–Trinajstić information content (AvgIpc) is 2.82. The van der Waals surface area contributed by atoms with E-state index < -0.39 is 35.7 Å². The Kier molecular flexibility index (Phi) is 8.05. The van der Waals surface area contributed by atoms with E-state index in [0.717, 1.165) is 31.3 Å². The fourth-order valence-corrected chi connectivity index (χ4v) is 4.99. The third kappa shape index (κ3) is 5.21. The molecule has 2 N–H and O–H groups in total. The first-order chi connectivity index (χ1) is 16.9. The summed E-state index contributed by atoms with van der Waals surface area (Å²) in [4.78, 5) is 27.1. The summed E-state index contributed by atoms with van der Waals surface area (Å²) < 4.78 is 52.1. The van der Waals surface area contributed by atoms with Gasteiger partial charge in [-0.05, 0) is 34.2 Å². The molecule has 1 unspecified atom stereocenters. The van der Waals surface area contributed by atoms with Gasteiger partial charge >= 0.3 is 18.3 Å². The number of nitriles is 1. The molecule has 0 aliphatic carbocycles. The summed E-state index contributed by atoms with van der Waals surface area (Å²) in [5.74, 6) is -4.02. The van der Waals surface area contributed by atoms with Crippen molar-refractivity contribution in [1.82, 2.24) is 0 Å². The summed E-state index contributed by atoms with van der Waals surface area (Å²) in [6.07, 6.45) is -4.98. The number of hydrogen-bond acceptors (Lipinski definition) is 8. The number of rotatable bonds is 5. The first-order valence-electron chi connectivity index (χ1n) is 9.85. The molecule has 2 aromatic carbocycles. The van der Waals surface area contributed by atoms with Crippen LogP contribution in [0.1, 0.15) is 11.5 Å². The Balaban J connectivity index is 2.40. The standard InChI is InChI=1S/C23H16ClF3IN3O5/c1-34-21(32)17-16(11-6-4-3-5-7-11)13(10-29)20(30)31(19(17)22(33)35-2)18-14(24)8-12(9-15(18)28)36-23(25,26)27/h3-9,16H,30H2,1-2H3. The lowest BCUT2D eigenvalue weighted by Crippen LogP contribution is -2.41. The number of methoxy groups -OCH3 is 2. The molecule has 1 heterocycles. The molecule has 188 valence electrons. The lowest BCUT2D eigenvalue weighted by molar-refractivity contribution is -0.274. The maximum absolute atomic E-state index is 13.1. The van der Waals surface area contributed by atoms with Crippen LogP contribution in [0.3, 0.4) is 0 Å². The van der Waals surface area contributed by atoms with E-state index in [1.165, 1.54) is 0 Å². The highest BCUT2D eigenvalue weighted by molar-refractivity contribution is 14.1. The third-order valence-corrected chi connectivity index (χ3v) is 6.17. The number of carbonyl (C=O) groups is 2. The molecule has 0 radical (unpaired) electrons. The zero-order chi connectivity index (χ0) is 26.8. The van der Waals surface area contributed by atoms with E-state index in [0.29, 0.717) is 5.56 Å². The van der Waals surface area contributed by atoms with E-state index in [2.05, 4.69) is 4.74 Å². The normalized spacial score (nSPS) is 15.9. The minimum Gasteiger partial charge on any atom is -0.466 e. The van der Waals surface area contributed by atoms with Crippen molar-refractivity contribution in [2.45, 2.75) is 12.3 Å². The SMILES string of the molecule is COC(=O)C1=C(C(=O)OC)N(c2c(Cl)cc(OC(F)(F)F)cc2I)C(N)=C(C#N)C1c1ccccc1. The van der Waals surface area contributed by atoms with E-state index in [1.807, 2.05) is 6.07 Å². The summed E-state index contributed by atoms with van der Waals surface area (Å²) in [6, 6.07) is 12.1. The molecule has 2 aromatic rings. The highest BCUT2D eigenvalue weighted by Crippen LogP contribution is 2.47. The van der Waals surface area contributed by atoms with Gasteiger partial charge < -0.3 is 19.9 Å². The van der Waals surface area contributed by atoms with Gasteiger partial charge in [-0.25, -0.2) is 9.59 Å². The highest BCUT2D eigenvalue weighted by Gasteiger charge is 2.44. The molecule has 1 aliphatic heterocycles. The van der Waals surface area contributed by atoms with Crippen LogP contribution in [0.5, 0.6) is 5.75 Å². The predicted molar refractivity (Wildman–Crippen MR) is 130 cm³/mol. The largest absolute Gasteiger partial charge is 0.573 e. The van der Waals surface area contributed by atoms with Crippen molar-refractivity contribution in [3.63, 3.8) is 0 Å². The van der Waals surface area contributed by atoms with Crippen molar-refractivity contribution in [3.8, 4) is 11.8 Å². The Morgan fingerprint density at radius 2 is 1.75 bits per heavy atom. The minimum atomic E-state index is -4.98. The van der Waals surface area contributed by atoms with E-state index in [-0.39, 0.29) is 31.2 Å². The molecule has 0 amide bonds. The monoisotopic (exact) mass is 633 g/mol. The second-order valence-electron chi connectivity index (χ2n) is 7.12. The van der Waals surface area contributed by atoms with Gasteiger partial charge in [-0.2, -0.15) is 5.26 Å². The molecular formula is C23H16ClF3IN3O5. The quantitative estimate of drug-likeness (QED) is 0.371. The Bertz CT molecular complexity index is 1300. The molecule has 1 aliphatic rings. The van der Waals surface area contributed by atoms with E-state index in [4.69, 9.17) is 26.8 Å². The van der Waals surface area contributed by atoms with E-state index >= 15 is 0 Å². The molecule has 0 spiro atoms. The second-order valence-corrected chi connectivity index (χ2v) is 8.69. The Labute approximate surface area is 221 Å². The number of carbonyl (C=O) groups excluding carboxylic acids is 2. The van der Waals surface area contributed by atoms with Crippen molar-refractivity contribution >= 4 is 51.8 Å². The molecule has 1 atom stereocenters. The topological polar surface area (TPSA) is 115 Å². The Hall–Kier alpha value is -3.44. The number of halogens is 5. The molecule has 36 heavy (non-hydrogen) atoms. The van der Waals surface area contributed by atoms with Gasteiger partial charge in [0.15, 0.2) is 0 Å². The van der Waals surface area contributed by atoms with E-state index in [9.17, 15) is 28.0 Å².